The standard InChI is InChI=1S/C19H26N4O/c1-13(2)19-18(12-22(4)21-19)20-17-9-10-23(14(3)24)11-15-7-5-6-8-16(15)17/h5-8,12-13,17,20H,9-11H2,1-4H3. The minimum Gasteiger partial charge on any atom is -0.375 e. The lowest BCUT2D eigenvalue weighted by molar-refractivity contribution is -0.129. The summed E-state index contributed by atoms with van der Waals surface area (Å²) in [5, 5.41) is 8.27. The monoisotopic (exact) mass is 326 g/mol. The zero-order chi connectivity index (χ0) is 17.3. The second-order valence-electron chi connectivity index (χ2n) is 6.88. The fourth-order valence-electron chi connectivity index (χ4n) is 3.39. The first-order valence-corrected chi connectivity index (χ1v) is 8.59. The van der Waals surface area contributed by atoms with Gasteiger partial charge < -0.3 is 10.2 Å². The Balaban J connectivity index is 1.92. The Labute approximate surface area is 143 Å². The summed E-state index contributed by atoms with van der Waals surface area (Å²) in [4.78, 5) is 13.8. The van der Waals surface area contributed by atoms with E-state index in [9.17, 15) is 4.79 Å². The Bertz CT molecular complexity index is 735. The van der Waals surface area contributed by atoms with E-state index in [1.54, 1.807) is 6.92 Å². The van der Waals surface area contributed by atoms with E-state index >= 15 is 0 Å². The average Bonchev–Trinajstić information content (AvgIpc) is 2.80. The summed E-state index contributed by atoms with van der Waals surface area (Å²) in [6.07, 6.45) is 2.94. The molecular formula is C19H26N4O. The van der Waals surface area contributed by atoms with Gasteiger partial charge in [0.05, 0.1) is 17.4 Å². The molecular weight excluding hydrogens is 300 g/mol. The first kappa shape index (κ1) is 16.6. The second-order valence-corrected chi connectivity index (χ2v) is 6.88. The van der Waals surface area contributed by atoms with Gasteiger partial charge in [0.25, 0.3) is 0 Å². The molecule has 24 heavy (non-hydrogen) atoms. The van der Waals surface area contributed by atoms with E-state index in [0.717, 1.165) is 24.3 Å². The molecule has 0 bridgehead atoms. The van der Waals surface area contributed by atoms with Crippen LogP contribution in [0.3, 0.4) is 0 Å². The maximum atomic E-state index is 11.9. The number of nitrogens with one attached hydrogen (secondary N) is 1. The molecule has 2 aromatic rings. The number of nitrogens with zero attached hydrogens (tertiary/aromatic N) is 3. The molecule has 1 amide bonds. The van der Waals surface area contributed by atoms with E-state index < -0.39 is 0 Å². The Morgan fingerprint density at radius 2 is 2.08 bits per heavy atom. The van der Waals surface area contributed by atoms with Crippen LogP contribution in [-0.2, 0) is 18.4 Å². The summed E-state index contributed by atoms with van der Waals surface area (Å²) >= 11 is 0. The van der Waals surface area contributed by atoms with Gasteiger partial charge in [-0.1, -0.05) is 38.1 Å². The van der Waals surface area contributed by atoms with Crippen LogP contribution in [0.15, 0.2) is 30.5 Å². The fraction of sp³-hybridized carbons (Fsp3) is 0.474. The van der Waals surface area contributed by atoms with Gasteiger partial charge in [-0.2, -0.15) is 5.10 Å². The van der Waals surface area contributed by atoms with Gasteiger partial charge in [-0.3, -0.25) is 9.48 Å². The molecule has 1 aliphatic rings. The van der Waals surface area contributed by atoms with Crippen LogP contribution >= 0.6 is 0 Å². The van der Waals surface area contributed by atoms with Gasteiger partial charge in [-0.25, -0.2) is 0 Å². The van der Waals surface area contributed by atoms with Gasteiger partial charge in [0.2, 0.25) is 5.91 Å². The highest BCUT2D eigenvalue weighted by molar-refractivity contribution is 5.73. The van der Waals surface area contributed by atoms with Crippen molar-refractivity contribution in [3.05, 3.63) is 47.3 Å². The lowest BCUT2D eigenvalue weighted by Crippen LogP contribution is -2.28. The summed E-state index contributed by atoms with van der Waals surface area (Å²) in [7, 11) is 1.95. The number of anilines is 1. The van der Waals surface area contributed by atoms with E-state index in [1.165, 1.54) is 11.1 Å². The summed E-state index contributed by atoms with van der Waals surface area (Å²) in [6, 6.07) is 8.60. The van der Waals surface area contributed by atoms with Crippen molar-refractivity contribution in [2.24, 2.45) is 7.05 Å². The molecule has 1 aromatic heterocycles. The zero-order valence-electron chi connectivity index (χ0n) is 14.9. The molecule has 1 aromatic carbocycles. The molecule has 128 valence electrons. The van der Waals surface area contributed by atoms with Crippen molar-refractivity contribution in [3.63, 3.8) is 0 Å². The normalized spacial score (nSPS) is 17.5. The smallest absolute Gasteiger partial charge is 0.219 e. The molecule has 0 spiro atoms. The van der Waals surface area contributed by atoms with Gasteiger partial charge >= 0.3 is 0 Å². The van der Waals surface area contributed by atoms with E-state index in [0.29, 0.717) is 12.5 Å². The second kappa shape index (κ2) is 6.67. The molecule has 0 fully saturated rings. The van der Waals surface area contributed by atoms with Crippen LogP contribution in [0.2, 0.25) is 0 Å². The number of carbonyl (C=O) groups is 1. The lowest BCUT2D eigenvalue weighted by atomic mass is 9.98. The predicted octanol–water partition coefficient (Wildman–Crippen LogP) is 3.45. The van der Waals surface area contributed by atoms with Crippen molar-refractivity contribution in [3.8, 4) is 0 Å². The number of rotatable bonds is 3. The number of benzene rings is 1. The Morgan fingerprint density at radius 3 is 2.79 bits per heavy atom. The van der Waals surface area contributed by atoms with Crippen LogP contribution in [0.5, 0.6) is 0 Å². The summed E-state index contributed by atoms with van der Waals surface area (Å²) < 4.78 is 1.86. The van der Waals surface area contributed by atoms with E-state index in [2.05, 4.69) is 42.5 Å². The topological polar surface area (TPSA) is 50.2 Å². The number of aryl methyl sites for hydroxylation is 1. The number of amides is 1. The molecule has 5 heteroatoms. The average molecular weight is 326 g/mol. The molecule has 1 atom stereocenters. The van der Waals surface area contributed by atoms with E-state index in [1.807, 2.05) is 28.9 Å². The number of carbonyl (C=O) groups excluding carboxylic acids is 1. The lowest BCUT2D eigenvalue weighted by Gasteiger charge is -2.21. The van der Waals surface area contributed by atoms with Crippen molar-refractivity contribution in [1.82, 2.24) is 14.7 Å². The summed E-state index contributed by atoms with van der Waals surface area (Å²) in [6.45, 7) is 7.42. The molecule has 5 nitrogen and oxygen atoms in total. The van der Waals surface area contributed by atoms with Crippen molar-refractivity contribution in [1.29, 1.82) is 0 Å². The van der Waals surface area contributed by atoms with E-state index in [4.69, 9.17) is 0 Å². The molecule has 0 radical (unpaired) electrons. The van der Waals surface area contributed by atoms with Crippen LogP contribution in [0.1, 0.15) is 56.0 Å². The third kappa shape index (κ3) is 3.30. The number of hydrogen-bond donors (Lipinski definition) is 1. The van der Waals surface area contributed by atoms with Crippen LogP contribution in [0.25, 0.3) is 0 Å². The van der Waals surface area contributed by atoms with Crippen LogP contribution in [-0.4, -0.2) is 27.1 Å². The Kier molecular flexibility index (Phi) is 4.60. The summed E-state index contributed by atoms with van der Waals surface area (Å²) in [5.41, 5.74) is 4.67. The predicted molar refractivity (Wildman–Crippen MR) is 95.8 cm³/mol. The maximum Gasteiger partial charge on any atom is 0.219 e. The first-order valence-electron chi connectivity index (χ1n) is 8.59. The van der Waals surface area contributed by atoms with Gasteiger partial charge in [0, 0.05) is 33.3 Å². The highest BCUT2D eigenvalue weighted by Gasteiger charge is 2.24. The van der Waals surface area contributed by atoms with Crippen LogP contribution in [0.4, 0.5) is 5.69 Å². The molecule has 1 N–H and O–H groups in total. The van der Waals surface area contributed by atoms with Crippen LogP contribution in [0, 0.1) is 0 Å². The van der Waals surface area contributed by atoms with E-state index in [-0.39, 0.29) is 11.9 Å². The van der Waals surface area contributed by atoms with Gasteiger partial charge in [0.15, 0.2) is 0 Å². The van der Waals surface area contributed by atoms with Crippen molar-refractivity contribution < 1.29 is 4.79 Å². The highest BCUT2D eigenvalue weighted by Crippen LogP contribution is 2.32. The molecule has 0 aliphatic carbocycles. The van der Waals surface area contributed by atoms with Gasteiger partial charge in [-0.05, 0) is 23.5 Å². The molecule has 0 saturated carbocycles. The van der Waals surface area contributed by atoms with Crippen molar-refractivity contribution in [2.45, 2.75) is 45.7 Å². The first-order chi connectivity index (χ1) is 11.5. The highest BCUT2D eigenvalue weighted by atomic mass is 16.2. The Hall–Kier alpha value is -2.30. The molecule has 2 heterocycles. The van der Waals surface area contributed by atoms with Gasteiger partial charge in [0.1, 0.15) is 0 Å². The molecule has 3 rings (SSSR count). The molecule has 1 unspecified atom stereocenters. The Morgan fingerprint density at radius 1 is 1.33 bits per heavy atom. The van der Waals surface area contributed by atoms with Crippen LogP contribution < -0.4 is 5.32 Å². The summed E-state index contributed by atoms with van der Waals surface area (Å²) in [5.74, 6) is 0.498. The SMILES string of the molecule is CC(=O)N1CCC(Nc2cn(C)nc2C(C)C)c2ccccc2C1. The fourth-order valence-corrected chi connectivity index (χ4v) is 3.39. The number of fused-ring (bicyclic) bond motifs is 1. The third-order valence-corrected chi connectivity index (χ3v) is 4.66. The van der Waals surface area contributed by atoms with Crippen molar-refractivity contribution >= 4 is 11.6 Å². The quantitative estimate of drug-likeness (QED) is 0.940. The molecule has 1 aliphatic heterocycles. The third-order valence-electron chi connectivity index (χ3n) is 4.66. The van der Waals surface area contributed by atoms with Gasteiger partial charge in [-0.15, -0.1) is 0 Å². The maximum absolute atomic E-state index is 11.9. The zero-order valence-corrected chi connectivity index (χ0v) is 14.9. The van der Waals surface area contributed by atoms with Crippen molar-refractivity contribution in [2.75, 3.05) is 11.9 Å². The largest absolute Gasteiger partial charge is 0.375 e. The minimum atomic E-state index is 0.134. The minimum absolute atomic E-state index is 0.134. The number of hydrogen-bond acceptors (Lipinski definition) is 3. The number of aromatic nitrogens is 2. The molecule has 0 saturated heterocycles.